The third-order valence-corrected chi connectivity index (χ3v) is 8.07. The van der Waals surface area contributed by atoms with Crippen LogP contribution in [0.2, 0.25) is 13.1 Å². The fraction of sp³-hybridized carbons (Fsp3) is 0.812. The Bertz CT molecular complexity index is 887. The lowest BCUT2D eigenvalue weighted by molar-refractivity contribution is -0.680. The molecule has 0 N–H and O–H groups in total. The molecule has 0 aliphatic carbocycles. The molecule has 17 heteroatoms. The maximum absolute atomic E-state index is 11.4. The number of imidazole rings is 1. The van der Waals surface area contributed by atoms with Crippen molar-refractivity contribution in [1.82, 2.24) is 4.57 Å². The number of halogens is 7. The molecular formula is C16H28ClF6N3O4S2Si. The number of sulfonamides is 2. The van der Waals surface area contributed by atoms with Gasteiger partial charge in [0.25, 0.3) is 0 Å². The lowest BCUT2D eigenvalue weighted by atomic mass is 10.1. The molecule has 1 aromatic rings. The quantitative estimate of drug-likeness (QED) is 0.121. The number of hydrogen-bond acceptors (Lipinski definition) is 4. The minimum atomic E-state index is -6.72. The normalized spacial score (nSPS) is 13.5. The highest BCUT2D eigenvalue weighted by Gasteiger charge is 2.46. The van der Waals surface area contributed by atoms with E-state index in [9.17, 15) is 43.2 Å². The zero-order valence-electron chi connectivity index (χ0n) is 18.3. The van der Waals surface area contributed by atoms with Crippen molar-refractivity contribution < 1.29 is 47.7 Å². The van der Waals surface area contributed by atoms with Gasteiger partial charge in [-0.25, -0.2) is 26.0 Å². The largest absolute Gasteiger partial charge is 0.480 e. The van der Waals surface area contributed by atoms with E-state index in [2.05, 4.69) is 47.9 Å². The summed E-state index contributed by atoms with van der Waals surface area (Å²) in [6.07, 6.45) is 15.7. The summed E-state index contributed by atoms with van der Waals surface area (Å²) in [6.45, 7) is 7.78. The van der Waals surface area contributed by atoms with Crippen molar-refractivity contribution in [3.63, 3.8) is 0 Å². The van der Waals surface area contributed by atoms with E-state index in [4.69, 9.17) is 11.1 Å². The minimum absolute atomic E-state index is 0.778. The van der Waals surface area contributed by atoms with Gasteiger partial charge in [0, 0.05) is 0 Å². The number of aryl methyl sites for hydroxylation is 1. The predicted molar refractivity (Wildman–Crippen MR) is 115 cm³/mol. The van der Waals surface area contributed by atoms with Gasteiger partial charge in [-0.05, 0) is 12.8 Å². The first-order chi connectivity index (χ1) is 14.7. The van der Waals surface area contributed by atoms with Gasteiger partial charge in [0.15, 0.2) is 27.4 Å². The first-order valence-electron chi connectivity index (χ1n) is 9.82. The second kappa shape index (κ2) is 12.7. The Hall–Kier alpha value is -0.843. The fourth-order valence-corrected chi connectivity index (χ4v) is 5.57. The molecule has 0 saturated carbocycles. The van der Waals surface area contributed by atoms with Crippen molar-refractivity contribution in [2.75, 3.05) is 0 Å². The lowest BCUT2D eigenvalue weighted by Crippen LogP contribution is -2.43. The first-order valence-corrected chi connectivity index (χ1v) is 16.9. The summed E-state index contributed by atoms with van der Waals surface area (Å²) in [5.41, 5.74) is -12.4. The van der Waals surface area contributed by atoms with Crippen molar-refractivity contribution in [3.05, 3.63) is 22.8 Å². The number of hydrogen-bond donors (Lipinski definition) is 0. The Morgan fingerprint density at radius 3 is 1.79 bits per heavy atom. The highest BCUT2D eigenvalue weighted by molar-refractivity contribution is 8.13. The van der Waals surface area contributed by atoms with Crippen molar-refractivity contribution in [2.45, 2.75) is 82.3 Å². The molecule has 0 radical (unpaired) electrons. The zero-order chi connectivity index (χ0) is 26.1. The van der Waals surface area contributed by atoms with Crippen LogP contribution in [-0.2, 0) is 32.8 Å². The van der Waals surface area contributed by atoms with Gasteiger partial charge in [-0.2, -0.15) is 37.4 Å². The van der Waals surface area contributed by atoms with E-state index >= 15 is 0 Å². The van der Waals surface area contributed by atoms with Gasteiger partial charge < -0.3 is 4.13 Å². The predicted octanol–water partition coefficient (Wildman–Crippen LogP) is 5.18. The highest BCUT2D eigenvalue weighted by atomic mass is 35.6. The molecule has 196 valence electrons. The van der Waals surface area contributed by atoms with E-state index < -0.39 is 38.4 Å². The lowest BCUT2D eigenvalue weighted by Gasteiger charge is -2.22. The van der Waals surface area contributed by atoms with Crippen LogP contribution >= 0.6 is 11.1 Å². The van der Waals surface area contributed by atoms with Gasteiger partial charge in [0.05, 0.1) is 12.7 Å². The summed E-state index contributed by atoms with van der Waals surface area (Å²) in [6, 6.07) is 0. The van der Waals surface area contributed by atoms with Crippen LogP contribution in [0.3, 0.4) is 0 Å². The zero-order valence-corrected chi connectivity index (χ0v) is 21.7. The van der Waals surface area contributed by atoms with Crippen LogP contribution in [0, 0.1) is 0 Å². The number of aromatic nitrogens is 2. The molecule has 0 saturated heterocycles. The van der Waals surface area contributed by atoms with E-state index in [1.165, 1.54) is 38.5 Å². The number of rotatable bonds is 11. The molecule has 1 aromatic heterocycles. The van der Waals surface area contributed by atoms with Gasteiger partial charge in [0.1, 0.15) is 12.4 Å². The van der Waals surface area contributed by atoms with Crippen LogP contribution in [0.4, 0.5) is 26.3 Å². The molecule has 33 heavy (non-hydrogen) atoms. The van der Waals surface area contributed by atoms with E-state index in [-0.39, 0.29) is 0 Å². The molecule has 0 bridgehead atoms. The Morgan fingerprint density at radius 1 is 0.909 bits per heavy atom. The number of unbranched alkanes of at least 4 members (excludes halogenated alkanes) is 5. The summed E-state index contributed by atoms with van der Waals surface area (Å²) in [5.74, 6) is 0. The molecule has 0 aliphatic rings. The molecule has 1 heterocycles. The third-order valence-electron chi connectivity index (χ3n) is 3.86. The molecular weight excluding hydrogens is 540 g/mol. The maximum atomic E-state index is 11.4. The standard InChI is InChI=1S/C14H28ClN2Si.C2F6NO4S2/c1-4-5-6-7-8-9-10-16-11-12-17(13-16)14-18(2,3)15;3-1(4,5)14(10,11)9-15(12,13)2(6,7)8/h11-13H,4-10,14H2,1-3H3;/q+1;-1. The van der Waals surface area contributed by atoms with Gasteiger partial charge in [-0.15, -0.1) is 0 Å². The van der Waals surface area contributed by atoms with Crippen LogP contribution < -0.4 is 4.57 Å². The van der Waals surface area contributed by atoms with Crippen molar-refractivity contribution in [3.8, 4) is 0 Å². The van der Waals surface area contributed by atoms with Crippen LogP contribution in [0.15, 0.2) is 18.7 Å². The van der Waals surface area contributed by atoms with Crippen LogP contribution in [-0.4, -0.2) is 39.8 Å². The summed E-state index contributed by atoms with van der Waals surface area (Å²) in [7, 11) is -15.0. The summed E-state index contributed by atoms with van der Waals surface area (Å²) < 4.78 is 114. The number of nitrogens with zero attached hydrogens (tertiary/aromatic N) is 3. The molecule has 0 spiro atoms. The maximum Gasteiger partial charge on any atom is 0.480 e. The topological polar surface area (TPSA) is 91.2 Å². The van der Waals surface area contributed by atoms with Gasteiger partial charge >= 0.3 is 11.0 Å². The molecule has 7 nitrogen and oxygen atoms in total. The molecule has 1 rings (SSSR count). The molecule has 0 unspecified atom stereocenters. The van der Waals surface area contributed by atoms with E-state index in [1.54, 1.807) is 0 Å². The van der Waals surface area contributed by atoms with Crippen molar-refractivity contribution in [2.24, 2.45) is 0 Å². The van der Waals surface area contributed by atoms with Crippen LogP contribution in [0.25, 0.3) is 4.13 Å². The molecule has 0 aromatic carbocycles. The Kier molecular flexibility index (Phi) is 12.4. The van der Waals surface area contributed by atoms with E-state index in [0.29, 0.717) is 0 Å². The third kappa shape index (κ3) is 13.0. The van der Waals surface area contributed by atoms with Gasteiger partial charge in [0.2, 0.25) is 6.33 Å². The van der Waals surface area contributed by atoms with E-state index in [0.717, 1.165) is 16.8 Å². The summed E-state index contributed by atoms with van der Waals surface area (Å²) >= 11 is 6.36. The smallest absolute Gasteiger partial charge is 0.421 e. The van der Waals surface area contributed by atoms with E-state index in [1.807, 2.05) is 0 Å². The summed E-state index contributed by atoms with van der Waals surface area (Å²) in [4.78, 5) is 0. The summed E-state index contributed by atoms with van der Waals surface area (Å²) in [5, 5.41) is 0. The average molecular weight is 568 g/mol. The van der Waals surface area contributed by atoms with Crippen LogP contribution in [0.1, 0.15) is 45.4 Å². The molecule has 0 aliphatic heterocycles. The first kappa shape index (κ1) is 32.2. The second-order valence-electron chi connectivity index (χ2n) is 7.73. The minimum Gasteiger partial charge on any atom is -0.421 e. The monoisotopic (exact) mass is 567 g/mol. The van der Waals surface area contributed by atoms with Crippen molar-refractivity contribution >= 4 is 38.5 Å². The highest BCUT2D eigenvalue weighted by Crippen LogP contribution is 2.36. The Morgan fingerprint density at radius 2 is 1.36 bits per heavy atom. The number of alkyl halides is 6. The van der Waals surface area contributed by atoms with Crippen LogP contribution in [0.5, 0.6) is 0 Å². The average Bonchev–Trinajstić information content (AvgIpc) is 3.01. The molecule has 0 fully saturated rings. The SMILES string of the molecule is CCCCCCCCn1cc[n+](C[Si](C)(C)Cl)c1.O=S(=O)([N-]S(=O)(=O)C(F)(F)F)C(F)(F)F. The molecule has 0 amide bonds. The van der Waals surface area contributed by atoms with Crippen molar-refractivity contribution in [1.29, 1.82) is 0 Å². The fourth-order valence-electron chi connectivity index (χ4n) is 2.39. The molecule has 0 atom stereocenters. The Labute approximate surface area is 195 Å². The Balaban J connectivity index is 0.000000633. The van der Waals surface area contributed by atoms with Gasteiger partial charge in [-0.3, -0.25) is 0 Å². The second-order valence-corrected chi connectivity index (χ2v) is 18.0. The van der Waals surface area contributed by atoms with Gasteiger partial charge in [-0.1, -0.05) is 45.7 Å².